The van der Waals surface area contributed by atoms with Crippen LogP contribution in [0, 0.1) is 6.92 Å². The van der Waals surface area contributed by atoms with Gasteiger partial charge in [0.25, 0.3) is 5.91 Å². The second-order valence-corrected chi connectivity index (χ2v) is 9.54. The first-order chi connectivity index (χ1) is 13.8. The molecular formula is C22H29N3O3S. The van der Waals surface area contributed by atoms with Crippen LogP contribution in [0.15, 0.2) is 42.5 Å². The van der Waals surface area contributed by atoms with E-state index in [0.717, 1.165) is 28.8 Å². The Labute approximate surface area is 173 Å². The average Bonchev–Trinajstić information content (AvgIpc) is 2.69. The summed E-state index contributed by atoms with van der Waals surface area (Å²) < 4.78 is 24.8. The summed E-state index contributed by atoms with van der Waals surface area (Å²) in [6, 6.07) is 13.7. The minimum absolute atomic E-state index is 0.113. The normalized spacial score (nSPS) is 16.0. The van der Waals surface area contributed by atoms with Crippen molar-refractivity contribution in [1.29, 1.82) is 0 Å². The van der Waals surface area contributed by atoms with E-state index in [4.69, 9.17) is 0 Å². The van der Waals surface area contributed by atoms with E-state index in [1.807, 2.05) is 49.4 Å². The van der Waals surface area contributed by atoms with Gasteiger partial charge in [-0.3, -0.25) is 9.69 Å². The van der Waals surface area contributed by atoms with Crippen LogP contribution in [0.2, 0.25) is 0 Å². The van der Waals surface area contributed by atoms with E-state index in [1.54, 1.807) is 0 Å². The average molecular weight is 416 g/mol. The molecule has 2 aromatic carbocycles. The minimum atomic E-state index is -3.13. The summed E-state index contributed by atoms with van der Waals surface area (Å²) in [5, 5.41) is 3.07. The second kappa shape index (κ2) is 9.07. The van der Waals surface area contributed by atoms with Crippen molar-refractivity contribution in [2.24, 2.45) is 0 Å². The molecule has 2 aromatic rings. The number of benzene rings is 2. The molecule has 1 saturated heterocycles. The lowest BCUT2D eigenvalue weighted by Gasteiger charge is -2.33. The first kappa shape index (κ1) is 21.5. The van der Waals surface area contributed by atoms with Crippen molar-refractivity contribution in [3.05, 3.63) is 64.7 Å². The third kappa shape index (κ3) is 5.44. The first-order valence-corrected chi connectivity index (χ1v) is 11.8. The number of nitrogens with zero attached hydrogens (tertiary/aromatic N) is 2. The van der Waals surface area contributed by atoms with Gasteiger partial charge in [-0.15, -0.1) is 0 Å². The van der Waals surface area contributed by atoms with Gasteiger partial charge in [0.05, 0.1) is 6.26 Å². The van der Waals surface area contributed by atoms with Gasteiger partial charge >= 0.3 is 0 Å². The molecule has 1 amide bonds. The molecule has 0 spiro atoms. The smallest absolute Gasteiger partial charge is 0.255 e. The van der Waals surface area contributed by atoms with Crippen molar-refractivity contribution in [3.8, 4) is 0 Å². The number of amides is 1. The van der Waals surface area contributed by atoms with Gasteiger partial charge in [-0.2, -0.15) is 4.31 Å². The lowest BCUT2D eigenvalue weighted by molar-refractivity contribution is 0.102. The molecule has 7 heteroatoms. The Kier molecular flexibility index (Phi) is 6.72. The molecule has 0 radical (unpaired) electrons. The van der Waals surface area contributed by atoms with Crippen molar-refractivity contribution >= 4 is 21.6 Å². The number of aryl methyl sites for hydroxylation is 2. The molecule has 1 heterocycles. The molecule has 1 N–H and O–H groups in total. The zero-order valence-electron chi connectivity index (χ0n) is 17.3. The van der Waals surface area contributed by atoms with Crippen LogP contribution in [-0.4, -0.2) is 56.0 Å². The van der Waals surface area contributed by atoms with Crippen LogP contribution >= 0.6 is 0 Å². The van der Waals surface area contributed by atoms with E-state index in [0.29, 0.717) is 38.3 Å². The maximum atomic E-state index is 12.8. The van der Waals surface area contributed by atoms with Gasteiger partial charge in [-0.25, -0.2) is 8.42 Å². The lowest BCUT2D eigenvalue weighted by atomic mass is 10.0. The van der Waals surface area contributed by atoms with Crippen molar-refractivity contribution in [2.75, 3.05) is 37.8 Å². The Morgan fingerprint density at radius 1 is 1.07 bits per heavy atom. The van der Waals surface area contributed by atoms with E-state index in [2.05, 4.69) is 17.1 Å². The standard InChI is InChI=1S/C22H29N3O3S/c1-4-19-9-5-7-17(2)21(19)23-22(26)20-10-6-8-18(15-20)16-24-11-13-25(14-12-24)29(3,27)28/h5-10,15H,4,11-14,16H2,1-3H3,(H,23,26). The number of anilines is 1. The number of nitrogens with one attached hydrogen (secondary N) is 1. The highest BCUT2D eigenvalue weighted by Crippen LogP contribution is 2.22. The van der Waals surface area contributed by atoms with E-state index < -0.39 is 10.0 Å². The zero-order valence-corrected chi connectivity index (χ0v) is 18.1. The molecule has 6 nitrogen and oxygen atoms in total. The SMILES string of the molecule is CCc1cccc(C)c1NC(=O)c1cccc(CN2CCN(S(C)(=O)=O)CC2)c1. The van der Waals surface area contributed by atoms with E-state index in [-0.39, 0.29) is 5.91 Å². The Balaban J connectivity index is 1.66. The van der Waals surface area contributed by atoms with Crippen LogP contribution in [0.3, 0.4) is 0 Å². The molecule has 0 saturated carbocycles. The highest BCUT2D eigenvalue weighted by Gasteiger charge is 2.23. The van der Waals surface area contributed by atoms with Crippen molar-refractivity contribution in [3.63, 3.8) is 0 Å². The Bertz CT molecular complexity index is 981. The van der Waals surface area contributed by atoms with Crippen molar-refractivity contribution in [2.45, 2.75) is 26.8 Å². The second-order valence-electron chi connectivity index (χ2n) is 7.56. The lowest BCUT2D eigenvalue weighted by Crippen LogP contribution is -2.47. The number of para-hydroxylation sites is 1. The molecular weight excluding hydrogens is 386 g/mol. The molecule has 0 atom stereocenters. The maximum Gasteiger partial charge on any atom is 0.255 e. The fourth-order valence-electron chi connectivity index (χ4n) is 3.68. The van der Waals surface area contributed by atoms with Crippen LogP contribution in [0.25, 0.3) is 0 Å². The number of sulfonamides is 1. The number of rotatable bonds is 6. The van der Waals surface area contributed by atoms with Gasteiger partial charge in [0.1, 0.15) is 0 Å². The van der Waals surface area contributed by atoms with Gasteiger partial charge in [0.15, 0.2) is 0 Å². The molecule has 0 aliphatic carbocycles. The van der Waals surface area contributed by atoms with E-state index in [1.165, 1.54) is 10.6 Å². The van der Waals surface area contributed by atoms with Crippen LogP contribution < -0.4 is 5.32 Å². The van der Waals surface area contributed by atoms with Crippen LogP contribution in [0.1, 0.15) is 34.0 Å². The van der Waals surface area contributed by atoms with Gasteiger partial charge < -0.3 is 5.32 Å². The zero-order chi connectivity index (χ0) is 21.0. The molecule has 0 unspecified atom stereocenters. The summed E-state index contributed by atoms with van der Waals surface area (Å²) in [6.07, 6.45) is 2.11. The summed E-state index contributed by atoms with van der Waals surface area (Å²) in [6.45, 7) is 7.16. The van der Waals surface area contributed by atoms with Crippen molar-refractivity contribution in [1.82, 2.24) is 9.21 Å². The highest BCUT2D eigenvalue weighted by atomic mass is 32.2. The molecule has 1 aliphatic rings. The summed E-state index contributed by atoms with van der Waals surface area (Å²) >= 11 is 0. The molecule has 1 fully saturated rings. The van der Waals surface area contributed by atoms with E-state index >= 15 is 0 Å². The molecule has 29 heavy (non-hydrogen) atoms. The van der Waals surface area contributed by atoms with Gasteiger partial charge in [-0.1, -0.05) is 37.3 Å². The largest absolute Gasteiger partial charge is 0.321 e. The Morgan fingerprint density at radius 3 is 2.41 bits per heavy atom. The van der Waals surface area contributed by atoms with Crippen LogP contribution in [-0.2, 0) is 23.0 Å². The third-order valence-electron chi connectivity index (χ3n) is 5.37. The number of carbonyl (C=O) groups is 1. The summed E-state index contributed by atoms with van der Waals surface area (Å²) in [5.41, 5.74) is 4.74. The predicted molar refractivity (Wildman–Crippen MR) is 117 cm³/mol. The van der Waals surface area contributed by atoms with Gasteiger partial charge in [-0.05, 0) is 42.2 Å². The molecule has 156 valence electrons. The number of piperazine rings is 1. The number of carbonyl (C=O) groups excluding carboxylic acids is 1. The topological polar surface area (TPSA) is 69.7 Å². The maximum absolute atomic E-state index is 12.8. The van der Waals surface area contributed by atoms with Crippen LogP contribution in [0.5, 0.6) is 0 Å². The molecule has 3 rings (SSSR count). The number of hydrogen-bond donors (Lipinski definition) is 1. The fraction of sp³-hybridized carbons (Fsp3) is 0.409. The summed E-state index contributed by atoms with van der Waals surface area (Å²) in [7, 11) is -3.13. The highest BCUT2D eigenvalue weighted by molar-refractivity contribution is 7.88. The number of hydrogen-bond acceptors (Lipinski definition) is 4. The first-order valence-electron chi connectivity index (χ1n) is 9.94. The van der Waals surface area contributed by atoms with Crippen LogP contribution in [0.4, 0.5) is 5.69 Å². The Morgan fingerprint density at radius 2 is 1.76 bits per heavy atom. The van der Waals surface area contributed by atoms with Gasteiger partial charge in [0, 0.05) is 44.0 Å². The van der Waals surface area contributed by atoms with E-state index in [9.17, 15) is 13.2 Å². The monoisotopic (exact) mass is 415 g/mol. The summed E-state index contributed by atoms with van der Waals surface area (Å²) in [4.78, 5) is 15.1. The summed E-state index contributed by atoms with van der Waals surface area (Å²) in [5.74, 6) is -0.113. The molecule has 1 aliphatic heterocycles. The molecule has 0 aromatic heterocycles. The van der Waals surface area contributed by atoms with Gasteiger partial charge in [0.2, 0.25) is 10.0 Å². The quantitative estimate of drug-likeness (QED) is 0.788. The Hall–Kier alpha value is -2.22. The van der Waals surface area contributed by atoms with Crippen molar-refractivity contribution < 1.29 is 13.2 Å². The predicted octanol–water partition coefficient (Wildman–Crippen LogP) is 2.89. The fourth-order valence-corrected chi connectivity index (χ4v) is 4.50. The minimum Gasteiger partial charge on any atom is -0.321 e. The molecule has 0 bridgehead atoms. The third-order valence-corrected chi connectivity index (χ3v) is 6.68.